The highest BCUT2D eigenvalue weighted by Gasteiger charge is 1.83. The Balaban J connectivity index is 2.45. The van der Waals surface area contributed by atoms with Crippen molar-refractivity contribution in [2.45, 2.75) is 6.04 Å². The van der Waals surface area contributed by atoms with Crippen molar-refractivity contribution in [3.8, 4) is 5.75 Å². The zero-order chi connectivity index (χ0) is 7.94. The Bertz CT molecular complexity index is 218. The van der Waals surface area contributed by atoms with Gasteiger partial charge in [-0.1, -0.05) is 24.3 Å². The van der Waals surface area contributed by atoms with Gasteiger partial charge >= 0.3 is 0 Å². The molecule has 0 aliphatic heterocycles. The summed E-state index contributed by atoms with van der Waals surface area (Å²) in [6, 6.07) is 10.9. The largest absolute Gasteiger partial charge is 0.465 e. The molecule has 58 valence electrons. The zero-order valence-electron chi connectivity index (χ0n) is 6.66. The van der Waals surface area contributed by atoms with E-state index >= 15 is 0 Å². The highest BCUT2D eigenvalue weighted by molar-refractivity contribution is 6.09. The minimum Gasteiger partial charge on any atom is -0.465 e. The van der Waals surface area contributed by atoms with Crippen LogP contribution in [0.3, 0.4) is 0 Å². The van der Waals surface area contributed by atoms with Crippen molar-refractivity contribution in [3.63, 3.8) is 0 Å². The molecule has 0 bridgehead atoms. The van der Waals surface area contributed by atoms with E-state index in [0.717, 1.165) is 11.8 Å². The van der Waals surface area contributed by atoms with Crippen LogP contribution < -0.4 is 4.74 Å². The Morgan fingerprint density at radius 3 is 2.64 bits per heavy atom. The highest BCUT2D eigenvalue weighted by Crippen LogP contribution is 2.08. The third-order valence-electron chi connectivity index (χ3n) is 1.28. The Morgan fingerprint density at radius 2 is 2.00 bits per heavy atom. The molecular formula is C9H12OSi. The van der Waals surface area contributed by atoms with Crippen molar-refractivity contribution in [2.75, 3.05) is 0 Å². The third kappa shape index (κ3) is 3.05. The van der Waals surface area contributed by atoms with Crippen molar-refractivity contribution < 1.29 is 4.74 Å². The lowest BCUT2D eigenvalue weighted by Gasteiger charge is -1.96. The summed E-state index contributed by atoms with van der Waals surface area (Å²) in [5, 5.41) is 0. The minimum atomic E-state index is 0.902. The van der Waals surface area contributed by atoms with Gasteiger partial charge in [-0.15, -0.1) is 0 Å². The minimum absolute atomic E-state index is 0.902. The lowest BCUT2D eigenvalue weighted by Crippen LogP contribution is -1.79. The summed E-state index contributed by atoms with van der Waals surface area (Å²) in [6.45, 7) is 0. The van der Waals surface area contributed by atoms with E-state index in [-0.39, 0.29) is 0 Å². The van der Waals surface area contributed by atoms with E-state index in [9.17, 15) is 0 Å². The lowest BCUT2D eigenvalue weighted by molar-refractivity contribution is 0.480. The summed E-state index contributed by atoms with van der Waals surface area (Å²) in [5.41, 5.74) is 0. The second-order valence-corrected chi connectivity index (χ2v) is 3.03. The molecule has 0 spiro atoms. The molecule has 0 amide bonds. The van der Waals surface area contributed by atoms with Gasteiger partial charge in [0.25, 0.3) is 0 Å². The Morgan fingerprint density at radius 1 is 1.27 bits per heavy atom. The fourth-order valence-corrected chi connectivity index (χ4v) is 0.914. The molecule has 1 aromatic rings. The average Bonchev–Trinajstić information content (AvgIpc) is 2.07. The smallest absolute Gasteiger partial charge is 0.126 e. The maximum absolute atomic E-state index is 5.29. The molecule has 0 aliphatic rings. The summed E-state index contributed by atoms with van der Waals surface area (Å²) >= 11 is 0. The van der Waals surface area contributed by atoms with Crippen LogP contribution in [0.2, 0.25) is 6.04 Å². The maximum Gasteiger partial charge on any atom is 0.126 e. The molecule has 2 heteroatoms. The second kappa shape index (κ2) is 4.74. The van der Waals surface area contributed by atoms with Gasteiger partial charge in [-0.2, -0.15) is 0 Å². The maximum atomic E-state index is 5.29. The molecular weight excluding hydrogens is 152 g/mol. The van der Waals surface area contributed by atoms with Gasteiger partial charge in [0.1, 0.15) is 5.75 Å². The molecule has 0 atom stereocenters. The van der Waals surface area contributed by atoms with E-state index < -0.39 is 0 Å². The first-order valence-electron chi connectivity index (χ1n) is 3.80. The van der Waals surface area contributed by atoms with Gasteiger partial charge in [0.2, 0.25) is 0 Å². The molecule has 1 rings (SSSR count). The first-order valence-corrected chi connectivity index (χ1v) is 5.21. The van der Waals surface area contributed by atoms with Crippen LogP contribution in [0.5, 0.6) is 5.75 Å². The molecule has 0 aromatic heterocycles. The van der Waals surface area contributed by atoms with Crippen molar-refractivity contribution >= 4 is 10.2 Å². The van der Waals surface area contributed by atoms with E-state index in [1.54, 1.807) is 6.26 Å². The number of hydrogen-bond acceptors (Lipinski definition) is 1. The van der Waals surface area contributed by atoms with E-state index in [1.807, 2.05) is 36.4 Å². The van der Waals surface area contributed by atoms with Gasteiger partial charge < -0.3 is 4.74 Å². The number of rotatable bonds is 3. The molecule has 11 heavy (non-hydrogen) atoms. The normalized spacial score (nSPS) is 10.5. The van der Waals surface area contributed by atoms with E-state index in [2.05, 4.69) is 0 Å². The average molecular weight is 164 g/mol. The van der Waals surface area contributed by atoms with E-state index in [1.165, 1.54) is 10.2 Å². The summed E-state index contributed by atoms with van der Waals surface area (Å²) < 4.78 is 5.29. The topological polar surface area (TPSA) is 9.23 Å². The van der Waals surface area contributed by atoms with Crippen LogP contribution in [0.15, 0.2) is 42.7 Å². The van der Waals surface area contributed by atoms with Crippen LogP contribution in [0, 0.1) is 0 Å². The molecule has 0 heterocycles. The van der Waals surface area contributed by atoms with Gasteiger partial charge in [-0.05, 0) is 18.2 Å². The molecule has 0 saturated heterocycles. The third-order valence-corrected chi connectivity index (χ3v) is 1.75. The highest BCUT2D eigenvalue weighted by atomic mass is 28.1. The summed E-state index contributed by atoms with van der Waals surface area (Å²) in [6.07, 6.45) is 3.79. The van der Waals surface area contributed by atoms with Crippen LogP contribution >= 0.6 is 0 Å². The van der Waals surface area contributed by atoms with Gasteiger partial charge in [0, 0.05) is 10.2 Å². The van der Waals surface area contributed by atoms with Crippen LogP contribution in [0.4, 0.5) is 0 Å². The van der Waals surface area contributed by atoms with Gasteiger partial charge in [-0.25, -0.2) is 0 Å². The predicted octanol–water partition coefficient (Wildman–Crippen LogP) is 1.36. The molecule has 0 N–H and O–H groups in total. The fourth-order valence-electron chi connectivity index (χ4n) is 0.722. The predicted molar refractivity (Wildman–Crippen MR) is 51.0 cm³/mol. The van der Waals surface area contributed by atoms with Crippen molar-refractivity contribution in [3.05, 3.63) is 42.7 Å². The summed E-state index contributed by atoms with van der Waals surface area (Å²) in [5.74, 6) is 0.902. The monoisotopic (exact) mass is 164 g/mol. The van der Waals surface area contributed by atoms with Crippen LogP contribution in [0.1, 0.15) is 0 Å². The number of para-hydroxylation sites is 1. The Hall–Kier alpha value is -1.02. The Kier molecular flexibility index (Phi) is 3.48. The van der Waals surface area contributed by atoms with Crippen molar-refractivity contribution in [1.29, 1.82) is 0 Å². The van der Waals surface area contributed by atoms with Crippen LogP contribution in [-0.4, -0.2) is 10.2 Å². The molecule has 1 nitrogen and oxygen atoms in total. The van der Waals surface area contributed by atoms with Crippen molar-refractivity contribution in [1.82, 2.24) is 0 Å². The molecule has 0 aliphatic carbocycles. The molecule has 1 aromatic carbocycles. The molecule has 0 saturated carbocycles. The Labute approximate surface area is 70.1 Å². The molecule has 0 radical (unpaired) electrons. The van der Waals surface area contributed by atoms with Gasteiger partial charge in [-0.3, -0.25) is 0 Å². The van der Waals surface area contributed by atoms with Crippen LogP contribution in [0.25, 0.3) is 0 Å². The SMILES string of the molecule is [SiH3]CC=COc1ccccc1. The van der Waals surface area contributed by atoms with Crippen LogP contribution in [-0.2, 0) is 0 Å². The first kappa shape index (κ1) is 8.08. The zero-order valence-corrected chi connectivity index (χ0v) is 8.66. The second-order valence-electron chi connectivity index (χ2n) is 2.21. The number of ether oxygens (including phenoxy) is 1. The molecule has 0 unspecified atom stereocenters. The standard InChI is InChI=1S/C9H12OSi/c11-8-4-7-10-9-5-2-1-3-6-9/h1-7H,8H2,11H3. The quantitative estimate of drug-likeness (QED) is 0.484. The van der Waals surface area contributed by atoms with Crippen molar-refractivity contribution in [2.24, 2.45) is 0 Å². The number of benzene rings is 1. The summed E-state index contributed by atoms with van der Waals surface area (Å²) in [7, 11) is 1.20. The van der Waals surface area contributed by atoms with E-state index in [0.29, 0.717) is 0 Å². The lowest BCUT2D eigenvalue weighted by atomic mass is 10.3. The van der Waals surface area contributed by atoms with Gasteiger partial charge in [0.05, 0.1) is 6.26 Å². The van der Waals surface area contributed by atoms with E-state index in [4.69, 9.17) is 4.74 Å². The molecule has 0 fully saturated rings. The first-order chi connectivity index (χ1) is 5.43. The number of hydrogen-bond donors (Lipinski definition) is 0. The summed E-state index contributed by atoms with van der Waals surface area (Å²) in [4.78, 5) is 0. The number of allylic oxidation sites excluding steroid dienone is 1. The fraction of sp³-hybridized carbons (Fsp3) is 0.111. The van der Waals surface area contributed by atoms with Gasteiger partial charge in [0.15, 0.2) is 0 Å².